The van der Waals surface area contributed by atoms with Gasteiger partial charge in [-0.2, -0.15) is 8.78 Å². The van der Waals surface area contributed by atoms with Crippen molar-refractivity contribution in [2.24, 2.45) is 0 Å². The Morgan fingerprint density at radius 1 is 1.39 bits per heavy atom. The van der Waals surface area contributed by atoms with Crippen LogP contribution in [0.4, 0.5) is 8.78 Å². The Kier molecular flexibility index (Phi) is 4.61. The lowest BCUT2D eigenvalue weighted by atomic mass is 9.75. The molecule has 0 unspecified atom stereocenters. The van der Waals surface area contributed by atoms with E-state index in [1.54, 1.807) is 12.1 Å². The Bertz CT molecular complexity index is 564. The summed E-state index contributed by atoms with van der Waals surface area (Å²) in [6.07, 6.45) is 1.83. The summed E-state index contributed by atoms with van der Waals surface area (Å²) in [6, 6.07) is 3.26. The molecule has 1 fully saturated rings. The zero-order valence-electron chi connectivity index (χ0n) is 13.5. The highest BCUT2D eigenvalue weighted by Crippen LogP contribution is 2.44. The second-order valence-electron chi connectivity index (χ2n) is 6.86. The molecule has 0 saturated heterocycles. The van der Waals surface area contributed by atoms with E-state index in [0.29, 0.717) is 17.9 Å². The molecule has 2 N–H and O–H groups in total. The minimum Gasteiger partial charge on any atom is -0.472 e. The smallest absolute Gasteiger partial charge is 0.352 e. The van der Waals surface area contributed by atoms with Crippen molar-refractivity contribution in [1.29, 1.82) is 0 Å². The van der Waals surface area contributed by atoms with Crippen molar-refractivity contribution in [3.63, 3.8) is 0 Å². The lowest BCUT2D eigenvalue weighted by molar-refractivity contribution is -0.216. The van der Waals surface area contributed by atoms with Crippen molar-refractivity contribution in [2.45, 2.75) is 63.7 Å². The maximum atomic E-state index is 13.9. The summed E-state index contributed by atoms with van der Waals surface area (Å²) in [5, 5.41) is 11.9. The molecule has 1 aliphatic rings. The monoisotopic (exact) mass is 328 g/mol. The number of nitrogens with zero attached hydrogens (tertiary/aromatic N) is 1. The van der Waals surface area contributed by atoms with Crippen LogP contribution in [0.15, 0.2) is 18.3 Å². The molecule has 7 heteroatoms. The number of hydrogen-bond donors (Lipinski definition) is 2. The average molecular weight is 328 g/mol. The fourth-order valence-electron chi connectivity index (χ4n) is 2.22. The molecule has 5 nitrogen and oxygen atoms in total. The van der Waals surface area contributed by atoms with Crippen molar-refractivity contribution in [3.05, 3.63) is 23.9 Å². The van der Waals surface area contributed by atoms with E-state index in [0.717, 1.165) is 0 Å². The second-order valence-corrected chi connectivity index (χ2v) is 6.86. The minimum absolute atomic E-state index is 0.0617. The van der Waals surface area contributed by atoms with Crippen molar-refractivity contribution >= 4 is 5.91 Å². The summed E-state index contributed by atoms with van der Waals surface area (Å²) < 4.78 is 33.4. The van der Waals surface area contributed by atoms with E-state index in [2.05, 4.69) is 10.3 Å². The molecular formula is C16H22F2N2O3. The summed E-state index contributed by atoms with van der Waals surface area (Å²) >= 11 is 0. The van der Waals surface area contributed by atoms with Gasteiger partial charge in [-0.05, 0) is 45.6 Å². The highest BCUT2D eigenvalue weighted by atomic mass is 19.3. The van der Waals surface area contributed by atoms with Gasteiger partial charge in [0.05, 0.1) is 0 Å². The first-order chi connectivity index (χ1) is 10.5. The Morgan fingerprint density at radius 2 is 2.04 bits per heavy atom. The van der Waals surface area contributed by atoms with Crippen LogP contribution in [-0.4, -0.2) is 33.1 Å². The first-order valence-corrected chi connectivity index (χ1v) is 7.56. The number of halogens is 2. The average Bonchev–Trinajstić information content (AvgIpc) is 2.41. The quantitative estimate of drug-likeness (QED) is 0.871. The summed E-state index contributed by atoms with van der Waals surface area (Å²) in [6.45, 7) is 5.56. The number of alkyl halides is 2. The first-order valence-electron chi connectivity index (χ1n) is 7.56. The molecule has 0 aromatic carbocycles. The first kappa shape index (κ1) is 17.6. The van der Waals surface area contributed by atoms with Gasteiger partial charge in [0.1, 0.15) is 11.2 Å². The molecule has 1 saturated carbocycles. The Morgan fingerprint density at radius 3 is 2.48 bits per heavy atom. The van der Waals surface area contributed by atoms with Gasteiger partial charge in [0.25, 0.3) is 5.91 Å². The Balaban J connectivity index is 1.92. The summed E-state index contributed by atoms with van der Waals surface area (Å²) in [7, 11) is 0. The van der Waals surface area contributed by atoms with Gasteiger partial charge in [-0.15, -0.1) is 0 Å². The molecule has 1 aromatic rings. The van der Waals surface area contributed by atoms with Gasteiger partial charge < -0.3 is 15.2 Å². The van der Waals surface area contributed by atoms with Gasteiger partial charge in [-0.1, -0.05) is 6.07 Å². The third-order valence-electron chi connectivity index (χ3n) is 3.71. The maximum Gasteiger partial charge on any atom is 0.352 e. The fourth-order valence-corrected chi connectivity index (χ4v) is 2.22. The summed E-state index contributed by atoms with van der Waals surface area (Å²) in [5.74, 6) is -4.83. The van der Waals surface area contributed by atoms with Crippen LogP contribution in [0.1, 0.15) is 45.6 Å². The standard InChI is InChI=1S/C16H22F2N2O3/c1-14(2,3)23-12-6-5-11(9-19-12)10-20-13(21)16(17,18)15(22)7-4-8-15/h5-6,9,22H,4,7-8,10H2,1-3H3,(H,20,21). The van der Waals surface area contributed by atoms with Crippen molar-refractivity contribution < 1.29 is 23.4 Å². The van der Waals surface area contributed by atoms with E-state index in [1.165, 1.54) is 6.20 Å². The van der Waals surface area contributed by atoms with Gasteiger partial charge in [0, 0.05) is 18.8 Å². The van der Waals surface area contributed by atoms with Gasteiger partial charge in [-0.25, -0.2) is 4.98 Å². The highest BCUT2D eigenvalue weighted by molar-refractivity contribution is 5.85. The van der Waals surface area contributed by atoms with Crippen LogP contribution in [0.2, 0.25) is 0 Å². The molecule has 0 spiro atoms. The van der Waals surface area contributed by atoms with Crippen LogP contribution in [0.5, 0.6) is 5.88 Å². The molecule has 2 rings (SSSR count). The summed E-state index contributed by atoms with van der Waals surface area (Å²) in [5.41, 5.74) is -2.03. The van der Waals surface area contributed by atoms with Crippen LogP contribution >= 0.6 is 0 Å². The summed E-state index contributed by atoms with van der Waals surface area (Å²) in [4.78, 5) is 15.7. The molecule has 1 aromatic heterocycles. The van der Waals surface area contributed by atoms with Crippen LogP contribution in [0.3, 0.4) is 0 Å². The van der Waals surface area contributed by atoms with Crippen LogP contribution in [0.25, 0.3) is 0 Å². The second kappa shape index (κ2) is 6.03. The Labute approximate surface area is 134 Å². The number of ether oxygens (including phenoxy) is 1. The van der Waals surface area contributed by atoms with E-state index in [4.69, 9.17) is 4.74 Å². The topological polar surface area (TPSA) is 71.5 Å². The van der Waals surface area contributed by atoms with Crippen molar-refractivity contribution in [2.75, 3.05) is 0 Å². The van der Waals surface area contributed by atoms with Gasteiger partial charge in [0.15, 0.2) is 0 Å². The number of amides is 1. The van der Waals surface area contributed by atoms with Crippen LogP contribution in [0, 0.1) is 0 Å². The number of pyridine rings is 1. The van der Waals surface area contributed by atoms with E-state index in [-0.39, 0.29) is 25.0 Å². The van der Waals surface area contributed by atoms with Crippen molar-refractivity contribution in [3.8, 4) is 5.88 Å². The van der Waals surface area contributed by atoms with E-state index in [9.17, 15) is 18.7 Å². The number of hydrogen-bond acceptors (Lipinski definition) is 4. The maximum absolute atomic E-state index is 13.9. The predicted molar refractivity (Wildman–Crippen MR) is 80.2 cm³/mol. The lowest BCUT2D eigenvalue weighted by Gasteiger charge is -2.41. The fraction of sp³-hybridized carbons (Fsp3) is 0.625. The molecular weight excluding hydrogens is 306 g/mol. The molecule has 0 radical (unpaired) electrons. The van der Waals surface area contributed by atoms with E-state index >= 15 is 0 Å². The van der Waals surface area contributed by atoms with E-state index in [1.807, 2.05) is 20.8 Å². The zero-order valence-corrected chi connectivity index (χ0v) is 13.5. The molecule has 1 aliphatic carbocycles. The number of rotatable bonds is 5. The zero-order chi connectivity index (χ0) is 17.3. The van der Waals surface area contributed by atoms with E-state index < -0.39 is 17.4 Å². The normalized spacial score (nSPS) is 17.3. The number of nitrogens with one attached hydrogen (secondary N) is 1. The van der Waals surface area contributed by atoms with Crippen LogP contribution < -0.4 is 10.1 Å². The number of carbonyl (C=O) groups is 1. The molecule has 1 amide bonds. The highest BCUT2D eigenvalue weighted by Gasteiger charge is 2.61. The largest absolute Gasteiger partial charge is 0.472 e. The molecule has 1 heterocycles. The lowest BCUT2D eigenvalue weighted by Crippen LogP contribution is -2.60. The van der Waals surface area contributed by atoms with Gasteiger partial charge >= 0.3 is 5.92 Å². The molecule has 23 heavy (non-hydrogen) atoms. The molecule has 128 valence electrons. The van der Waals surface area contributed by atoms with Gasteiger partial charge in [-0.3, -0.25) is 4.79 Å². The Hall–Kier alpha value is -1.76. The number of carbonyl (C=O) groups excluding carboxylic acids is 1. The predicted octanol–water partition coefficient (Wildman–Crippen LogP) is 2.43. The van der Waals surface area contributed by atoms with Crippen LogP contribution in [-0.2, 0) is 11.3 Å². The third-order valence-corrected chi connectivity index (χ3v) is 3.71. The molecule has 0 aliphatic heterocycles. The van der Waals surface area contributed by atoms with Gasteiger partial charge in [0.2, 0.25) is 5.88 Å². The number of aromatic nitrogens is 1. The van der Waals surface area contributed by atoms with Crippen molar-refractivity contribution in [1.82, 2.24) is 10.3 Å². The minimum atomic E-state index is -3.78. The number of aliphatic hydroxyl groups is 1. The molecule has 0 atom stereocenters. The molecule has 0 bridgehead atoms. The SMILES string of the molecule is CC(C)(C)Oc1ccc(CNC(=O)C(F)(F)C2(O)CCC2)cn1. The third kappa shape index (κ3) is 3.96.